The number of carbonyl (C=O) groups excluding carboxylic acids is 1. The number of nitrogens with one attached hydrogen (secondary N) is 1. The number of amides is 1. The predicted octanol–water partition coefficient (Wildman–Crippen LogP) is 1.62. The molecule has 1 N–H and O–H groups in total. The van der Waals surface area contributed by atoms with Crippen LogP contribution in [0.3, 0.4) is 0 Å². The van der Waals surface area contributed by atoms with Crippen molar-refractivity contribution in [3.05, 3.63) is 27.9 Å². The van der Waals surface area contributed by atoms with Gasteiger partial charge in [0.1, 0.15) is 11.5 Å². The Morgan fingerprint density at radius 2 is 2.29 bits per heavy atom. The lowest BCUT2D eigenvalue weighted by Crippen LogP contribution is -2.33. The second-order valence-corrected chi connectivity index (χ2v) is 7.67. The SMILES string of the molecule is O=C(c1cc(=O)[nH]c(C2CC2)n1)N1CCC2(CCSC2)C1. The number of aromatic amines is 1. The van der Waals surface area contributed by atoms with Crippen LogP contribution in [0.25, 0.3) is 0 Å². The Morgan fingerprint density at radius 3 is 3.00 bits per heavy atom. The third-order valence-electron chi connectivity index (χ3n) is 4.85. The molecule has 0 aromatic carbocycles. The summed E-state index contributed by atoms with van der Waals surface area (Å²) in [6, 6.07) is 1.35. The second kappa shape index (κ2) is 4.87. The van der Waals surface area contributed by atoms with Gasteiger partial charge >= 0.3 is 0 Å². The van der Waals surface area contributed by atoms with Gasteiger partial charge in [-0.1, -0.05) is 0 Å². The molecule has 1 spiro atoms. The average Bonchev–Trinajstić information content (AvgIpc) is 3.11. The maximum Gasteiger partial charge on any atom is 0.272 e. The van der Waals surface area contributed by atoms with Crippen molar-refractivity contribution in [1.82, 2.24) is 14.9 Å². The topological polar surface area (TPSA) is 66.1 Å². The molecular weight excluding hydrogens is 286 g/mol. The first-order valence-corrected chi connectivity index (χ1v) is 8.79. The number of carbonyl (C=O) groups is 1. The highest BCUT2D eigenvalue weighted by Gasteiger charge is 2.42. The van der Waals surface area contributed by atoms with Gasteiger partial charge in [-0.2, -0.15) is 11.8 Å². The molecule has 4 rings (SSSR count). The summed E-state index contributed by atoms with van der Waals surface area (Å²) in [5.74, 6) is 3.33. The van der Waals surface area contributed by atoms with Crippen molar-refractivity contribution in [1.29, 1.82) is 0 Å². The van der Waals surface area contributed by atoms with E-state index in [1.54, 1.807) is 0 Å². The van der Waals surface area contributed by atoms with E-state index in [1.165, 1.54) is 18.2 Å². The molecular formula is C15H19N3O2S. The standard InChI is InChI=1S/C15H19N3O2S/c19-12-7-11(16-13(17-12)10-1-2-10)14(20)18-5-3-15(8-18)4-6-21-9-15/h7,10H,1-6,8-9H2,(H,16,17,19). The molecule has 2 saturated heterocycles. The molecule has 6 heteroatoms. The van der Waals surface area contributed by atoms with Gasteiger partial charge in [0.05, 0.1) is 0 Å². The predicted molar refractivity (Wildman–Crippen MR) is 81.7 cm³/mol. The van der Waals surface area contributed by atoms with Gasteiger partial charge in [0.25, 0.3) is 11.5 Å². The molecule has 3 aliphatic rings. The van der Waals surface area contributed by atoms with Crippen LogP contribution in [-0.2, 0) is 0 Å². The average molecular weight is 305 g/mol. The quantitative estimate of drug-likeness (QED) is 0.901. The van der Waals surface area contributed by atoms with Crippen molar-refractivity contribution < 1.29 is 4.79 Å². The fraction of sp³-hybridized carbons (Fsp3) is 0.667. The highest BCUT2D eigenvalue weighted by molar-refractivity contribution is 7.99. The molecule has 1 unspecified atom stereocenters. The first kappa shape index (κ1) is 13.4. The molecule has 21 heavy (non-hydrogen) atoms. The van der Waals surface area contributed by atoms with Crippen LogP contribution in [0.15, 0.2) is 10.9 Å². The molecule has 1 amide bonds. The molecule has 3 heterocycles. The van der Waals surface area contributed by atoms with Crippen molar-refractivity contribution in [3.63, 3.8) is 0 Å². The molecule has 1 aromatic heterocycles. The first-order chi connectivity index (χ1) is 10.2. The maximum atomic E-state index is 12.6. The van der Waals surface area contributed by atoms with E-state index < -0.39 is 0 Å². The van der Waals surface area contributed by atoms with E-state index in [0.29, 0.717) is 22.9 Å². The van der Waals surface area contributed by atoms with Crippen LogP contribution < -0.4 is 5.56 Å². The molecule has 0 radical (unpaired) electrons. The van der Waals surface area contributed by atoms with Crippen LogP contribution >= 0.6 is 11.8 Å². The Balaban J connectivity index is 1.56. The lowest BCUT2D eigenvalue weighted by atomic mass is 9.87. The zero-order valence-electron chi connectivity index (χ0n) is 11.9. The van der Waals surface area contributed by atoms with Crippen molar-refractivity contribution in [2.75, 3.05) is 24.6 Å². The fourth-order valence-electron chi connectivity index (χ4n) is 3.38. The van der Waals surface area contributed by atoms with E-state index in [2.05, 4.69) is 9.97 Å². The lowest BCUT2D eigenvalue weighted by molar-refractivity contribution is 0.0770. The minimum Gasteiger partial charge on any atom is -0.337 e. The third-order valence-corrected chi connectivity index (χ3v) is 6.16. The molecule has 0 bridgehead atoms. The summed E-state index contributed by atoms with van der Waals surface area (Å²) in [6.45, 7) is 1.62. The van der Waals surface area contributed by atoms with E-state index >= 15 is 0 Å². The van der Waals surface area contributed by atoms with Crippen molar-refractivity contribution >= 4 is 17.7 Å². The Bertz CT molecular complexity index is 632. The van der Waals surface area contributed by atoms with Crippen LogP contribution in [0.2, 0.25) is 0 Å². The smallest absolute Gasteiger partial charge is 0.272 e. The number of rotatable bonds is 2. The molecule has 5 nitrogen and oxygen atoms in total. The van der Waals surface area contributed by atoms with Crippen LogP contribution in [0.4, 0.5) is 0 Å². The van der Waals surface area contributed by atoms with E-state index in [0.717, 1.165) is 38.1 Å². The first-order valence-electron chi connectivity index (χ1n) is 7.64. The van der Waals surface area contributed by atoms with Gasteiger partial charge in [-0.3, -0.25) is 9.59 Å². The molecule has 1 aromatic rings. The van der Waals surface area contributed by atoms with Gasteiger partial charge in [-0.15, -0.1) is 0 Å². The molecule has 1 aliphatic carbocycles. The van der Waals surface area contributed by atoms with E-state index in [9.17, 15) is 9.59 Å². The summed E-state index contributed by atoms with van der Waals surface area (Å²) in [5, 5.41) is 0. The van der Waals surface area contributed by atoms with Gasteiger partial charge in [0.2, 0.25) is 0 Å². The Morgan fingerprint density at radius 1 is 1.43 bits per heavy atom. The second-order valence-electron chi connectivity index (χ2n) is 6.57. The van der Waals surface area contributed by atoms with Crippen LogP contribution in [0, 0.1) is 5.41 Å². The number of hydrogen-bond acceptors (Lipinski definition) is 4. The van der Waals surface area contributed by atoms with Crippen molar-refractivity contribution in [2.45, 2.75) is 31.6 Å². The Labute approximate surface area is 127 Å². The highest BCUT2D eigenvalue weighted by Crippen LogP contribution is 2.43. The molecule has 2 aliphatic heterocycles. The number of hydrogen-bond donors (Lipinski definition) is 1. The molecule has 112 valence electrons. The van der Waals surface area contributed by atoms with Gasteiger partial charge in [0, 0.05) is 30.8 Å². The van der Waals surface area contributed by atoms with E-state index in [1.807, 2.05) is 16.7 Å². The maximum absolute atomic E-state index is 12.6. The lowest BCUT2D eigenvalue weighted by Gasteiger charge is -2.22. The number of likely N-dealkylation sites (tertiary alicyclic amines) is 1. The largest absolute Gasteiger partial charge is 0.337 e. The van der Waals surface area contributed by atoms with Crippen molar-refractivity contribution in [2.24, 2.45) is 5.41 Å². The zero-order chi connectivity index (χ0) is 14.4. The molecule has 3 fully saturated rings. The van der Waals surface area contributed by atoms with Gasteiger partial charge in [-0.05, 0) is 36.9 Å². The molecule has 1 atom stereocenters. The Kier molecular flexibility index (Phi) is 3.10. The monoisotopic (exact) mass is 305 g/mol. The van der Waals surface area contributed by atoms with Gasteiger partial charge in [0.15, 0.2) is 0 Å². The summed E-state index contributed by atoms with van der Waals surface area (Å²) in [5.41, 5.74) is 0.435. The van der Waals surface area contributed by atoms with Gasteiger partial charge in [-0.25, -0.2) is 4.98 Å². The van der Waals surface area contributed by atoms with Crippen LogP contribution in [0.5, 0.6) is 0 Å². The number of nitrogens with zero attached hydrogens (tertiary/aromatic N) is 2. The highest BCUT2D eigenvalue weighted by atomic mass is 32.2. The van der Waals surface area contributed by atoms with E-state index in [-0.39, 0.29) is 11.5 Å². The number of aromatic nitrogens is 2. The minimum atomic E-state index is -0.208. The zero-order valence-corrected chi connectivity index (χ0v) is 12.7. The fourth-order valence-corrected chi connectivity index (χ4v) is 4.91. The third kappa shape index (κ3) is 2.50. The summed E-state index contributed by atoms with van der Waals surface area (Å²) in [6.07, 6.45) is 4.41. The summed E-state index contributed by atoms with van der Waals surface area (Å²) < 4.78 is 0. The Hall–Kier alpha value is -1.30. The minimum absolute atomic E-state index is 0.0724. The van der Waals surface area contributed by atoms with Crippen LogP contribution in [-0.4, -0.2) is 45.4 Å². The summed E-state index contributed by atoms with van der Waals surface area (Å²) >= 11 is 1.99. The summed E-state index contributed by atoms with van der Waals surface area (Å²) in [4.78, 5) is 33.4. The van der Waals surface area contributed by atoms with Crippen LogP contribution in [0.1, 0.15) is 47.9 Å². The van der Waals surface area contributed by atoms with Gasteiger partial charge < -0.3 is 9.88 Å². The number of thioether (sulfide) groups is 1. The molecule has 1 saturated carbocycles. The van der Waals surface area contributed by atoms with Crippen molar-refractivity contribution in [3.8, 4) is 0 Å². The normalized spacial score (nSPS) is 28.5. The van der Waals surface area contributed by atoms with E-state index in [4.69, 9.17) is 0 Å². The summed E-state index contributed by atoms with van der Waals surface area (Å²) in [7, 11) is 0. The number of H-pyrrole nitrogens is 1.